The van der Waals surface area contributed by atoms with Crippen LogP contribution in [0.3, 0.4) is 0 Å². The molecule has 0 bridgehead atoms. The number of piperidine rings is 1. The molecule has 1 aromatic heterocycles. The molecule has 1 fully saturated rings. The maximum atomic E-state index is 12.2. The maximum Gasteiger partial charge on any atom is 0.287 e. The third kappa shape index (κ3) is 4.76. The number of nitrogens with one attached hydrogen (secondary N) is 2. The second kappa shape index (κ2) is 9.11. The molecule has 0 saturated carbocycles. The topological polar surface area (TPSA) is 54.3 Å². The van der Waals surface area contributed by atoms with Gasteiger partial charge in [0.05, 0.1) is 5.02 Å². The molecule has 1 aliphatic heterocycles. The first-order chi connectivity index (χ1) is 11.2. The van der Waals surface area contributed by atoms with Crippen molar-refractivity contribution in [3.63, 3.8) is 0 Å². The van der Waals surface area contributed by atoms with Gasteiger partial charge in [-0.3, -0.25) is 4.79 Å². The third-order valence-electron chi connectivity index (χ3n) is 4.21. The van der Waals surface area contributed by atoms with Gasteiger partial charge in [-0.05, 0) is 62.5 Å². The lowest BCUT2D eigenvalue weighted by Crippen LogP contribution is -2.33. The van der Waals surface area contributed by atoms with Crippen molar-refractivity contribution in [2.45, 2.75) is 19.3 Å². The summed E-state index contributed by atoms with van der Waals surface area (Å²) >= 11 is 6.15. The van der Waals surface area contributed by atoms with E-state index in [2.05, 4.69) is 10.6 Å². The fraction of sp³-hybridized carbons (Fsp3) is 0.389. The molecule has 0 radical (unpaired) electrons. The highest BCUT2D eigenvalue weighted by Crippen LogP contribution is 2.29. The SMILES string of the molecule is Cl.O=C(NCCC1CCCNC1)c1ccc(-c2ccccc2Cl)o1. The van der Waals surface area contributed by atoms with Gasteiger partial charge in [-0.1, -0.05) is 23.7 Å². The summed E-state index contributed by atoms with van der Waals surface area (Å²) in [6.45, 7) is 2.83. The van der Waals surface area contributed by atoms with Crippen molar-refractivity contribution >= 4 is 29.9 Å². The molecule has 0 aliphatic carbocycles. The van der Waals surface area contributed by atoms with E-state index >= 15 is 0 Å². The summed E-state index contributed by atoms with van der Waals surface area (Å²) in [6.07, 6.45) is 3.45. The minimum atomic E-state index is -0.174. The maximum absolute atomic E-state index is 12.2. The number of hydrogen-bond donors (Lipinski definition) is 2. The molecular weight excluding hydrogens is 347 g/mol. The summed E-state index contributed by atoms with van der Waals surface area (Å²) in [5, 5.41) is 6.93. The Labute approximate surface area is 153 Å². The Balaban J connectivity index is 0.00000208. The molecule has 24 heavy (non-hydrogen) atoms. The fourth-order valence-corrected chi connectivity index (χ4v) is 3.14. The lowest BCUT2D eigenvalue weighted by Gasteiger charge is -2.22. The molecule has 2 heterocycles. The van der Waals surface area contributed by atoms with E-state index in [9.17, 15) is 4.79 Å². The predicted molar refractivity (Wildman–Crippen MR) is 98.9 cm³/mol. The van der Waals surface area contributed by atoms with Crippen LogP contribution in [-0.4, -0.2) is 25.5 Å². The highest BCUT2D eigenvalue weighted by molar-refractivity contribution is 6.33. The summed E-state index contributed by atoms with van der Waals surface area (Å²) in [6, 6.07) is 10.9. The second-order valence-electron chi connectivity index (χ2n) is 5.90. The number of rotatable bonds is 5. The molecule has 1 atom stereocenters. The summed E-state index contributed by atoms with van der Waals surface area (Å²) in [5.41, 5.74) is 0.793. The van der Waals surface area contributed by atoms with Gasteiger partial charge in [-0.2, -0.15) is 0 Å². The number of hydrogen-bond acceptors (Lipinski definition) is 3. The average molecular weight is 369 g/mol. The highest BCUT2D eigenvalue weighted by atomic mass is 35.5. The standard InChI is InChI=1S/C18H21ClN2O2.ClH/c19-15-6-2-1-5-14(15)16-7-8-17(23-16)18(22)21-11-9-13-4-3-10-20-12-13;/h1-2,5-8,13,20H,3-4,9-12H2,(H,21,22);1H. The molecule has 3 rings (SSSR count). The number of halogens is 2. The molecule has 1 amide bonds. The van der Waals surface area contributed by atoms with Crippen LogP contribution >= 0.6 is 24.0 Å². The van der Waals surface area contributed by atoms with Crippen LogP contribution in [0.15, 0.2) is 40.8 Å². The van der Waals surface area contributed by atoms with Crippen molar-refractivity contribution < 1.29 is 9.21 Å². The molecule has 1 unspecified atom stereocenters. The molecule has 4 nitrogen and oxygen atoms in total. The number of amides is 1. The zero-order valence-corrected chi connectivity index (χ0v) is 15.0. The molecule has 0 spiro atoms. The first-order valence-corrected chi connectivity index (χ1v) is 8.45. The van der Waals surface area contributed by atoms with E-state index in [4.69, 9.17) is 16.0 Å². The van der Waals surface area contributed by atoms with Crippen molar-refractivity contribution in [3.05, 3.63) is 47.2 Å². The molecule has 2 aromatic rings. The van der Waals surface area contributed by atoms with Gasteiger partial charge in [0.15, 0.2) is 5.76 Å². The van der Waals surface area contributed by atoms with Gasteiger partial charge in [0, 0.05) is 12.1 Å². The van der Waals surface area contributed by atoms with E-state index in [1.165, 1.54) is 12.8 Å². The van der Waals surface area contributed by atoms with Crippen LogP contribution in [0.5, 0.6) is 0 Å². The van der Waals surface area contributed by atoms with Crippen LogP contribution in [0.2, 0.25) is 5.02 Å². The average Bonchev–Trinajstić information content (AvgIpc) is 3.06. The van der Waals surface area contributed by atoms with E-state index in [1.54, 1.807) is 18.2 Å². The van der Waals surface area contributed by atoms with Crippen LogP contribution in [0.1, 0.15) is 29.8 Å². The van der Waals surface area contributed by atoms with Gasteiger partial charge in [0.25, 0.3) is 5.91 Å². The zero-order valence-electron chi connectivity index (χ0n) is 13.4. The summed E-state index contributed by atoms with van der Waals surface area (Å²) in [4.78, 5) is 12.2. The molecule has 1 aromatic carbocycles. The Kier molecular flexibility index (Phi) is 7.16. The zero-order chi connectivity index (χ0) is 16.1. The molecule has 2 N–H and O–H groups in total. The van der Waals surface area contributed by atoms with E-state index in [-0.39, 0.29) is 18.3 Å². The second-order valence-corrected chi connectivity index (χ2v) is 6.31. The van der Waals surface area contributed by atoms with Gasteiger partial charge >= 0.3 is 0 Å². The third-order valence-corrected chi connectivity index (χ3v) is 4.54. The lowest BCUT2D eigenvalue weighted by atomic mass is 9.96. The first kappa shape index (κ1) is 18.8. The van der Waals surface area contributed by atoms with E-state index in [0.29, 0.717) is 29.0 Å². The number of benzene rings is 1. The quantitative estimate of drug-likeness (QED) is 0.833. The van der Waals surface area contributed by atoms with Crippen molar-refractivity contribution in [1.82, 2.24) is 10.6 Å². The van der Waals surface area contributed by atoms with E-state index in [1.807, 2.05) is 18.2 Å². The number of carbonyl (C=O) groups is 1. The van der Waals surface area contributed by atoms with Crippen molar-refractivity contribution in [2.24, 2.45) is 5.92 Å². The van der Waals surface area contributed by atoms with Gasteiger partial charge < -0.3 is 15.1 Å². The van der Waals surface area contributed by atoms with Crippen LogP contribution in [0.4, 0.5) is 0 Å². The van der Waals surface area contributed by atoms with Crippen LogP contribution in [0.25, 0.3) is 11.3 Å². The highest BCUT2D eigenvalue weighted by Gasteiger charge is 2.15. The Hall–Kier alpha value is -1.49. The largest absolute Gasteiger partial charge is 0.451 e. The van der Waals surface area contributed by atoms with E-state index in [0.717, 1.165) is 25.1 Å². The summed E-state index contributed by atoms with van der Waals surface area (Å²) in [5.74, 6) is 1.41. The van der Waals surface area contributed by atoms with Gasteiger partial charge in [-0.15, -0.1) is 12.4 Å². The molecular formula is C18H22Cl2N2O2. The molecule has 130 valence electrons. The van der Waals surface area contributed by atoms with Crippen molar-refractivity contribution in [2.75, 3.05) is 19.6 Å². The Morgan fingerprint density at radius 1 is 1.29 bits per heavy atom. The van der Waals surface area contributed by atoms with Gasteiger partial charge in [0.2, 0.25) is 0 Å². The fourth-order valence-electron chi connectivity index (χ4n) is 2.91. The Bertz CT molecular complexity index is 667. The van der Waals surface area contributed by atoms with Crippen LogP contribution in [-0.2, 0) is 0 Å². The number of furan rings is 1. The normalized spacial score (nSPS) is 17.1. The van der Waals surface area contributed by atoms with Crippen LogP contribution < -0.4 is 10.6 Å². The smallest absolute Gasteiger partial charge is 0.287 e. The molecule has 6 heteroatoms. The number of carbonyl (C=O) groups excluding carboxylic acids is 1. The lowest BCUT2D eigenvalue weighted by molar-refractivity contribution is 0.0924. The first-order valence-electron chi connectivity index (χ1n) is 8.07. The molecule has 1 aliphatic rings. The molecule has 1 saturated heterocycles. The minimum Gasteiger partial charge on any atom is -0.451 e. The summed E-state index contributed by atoms with van der Waals surface area (Å²) in [7, 11) is 0. The van der Waals surface area contributed by atoms with Crippen molar-refractivity contribution in [3.8, 4) is 11.3 Å². The Morgan fingerprint density at radius 2 is 2.12 bits per heavy atom. The predicted octanol–water partition coefficient (Wildman–Crippen LogP) is 4.14. The van der Waals surface area contributed by atoms with E-state index < -0.39 is 0 Å². The minimum absolute atomic E-state index is 0. The van der Waals surface area contributed by atoms with Gasteiger partial charge in [-0.25, -0.2) is 0 Å². The Morgan fingerprint density at radius 3 is 2.88 bits per heavy atom. The van der Waals surface area contributed by atoms with Gasteiger partial charge in [0.1, 0.15) is 5.76 Å². The monoisotopic (exact) mass is 368 g/mol. The van der Waals surface area contributed by atoms with Crippen LogP contribution in [0, 0.1) is 5.92 Å². The van der Waals surface area contributed by atoms with Crippen molar-refractivity contribution in [1.29, 1.82) is 0 Å². The summed E-state index contributed by atoms with van der Waals surface area (Å²) < 4.78 is 5.65.